The molecule has 7 rings (SSSR count). The molecule has 0 spiro atoms. The van der Waals surface area contributed by atoms with Gasteiger partial charge in [-0.05, 0) is 154 Å². The Morgan fingerprint density at radius 1 is 0.286 bits per heavy atom. The molecule has 0 fully saturated rings. The number of nitrogens with zero attached hydrogens (tertiary/aromatic N) is 2. The summed E-state index contributed by atoms with van der Waals surface area (Å²) in [5.41, 5.74) is 21.8. The lowest BCUT2D eigenvalue weighted by Gasteiger charge is -2.29. The van der Waals surface area contributed by atoms with Gasteiger partial charge in [-0.1, -0.05) is 138 Å². The number of anilines is 6. The molecule has 278 valence electrons. The van der Waals surface area contributed by atoms with E-state index in [1.165, 1.54) is 67.3 Å². The first-order valence-corrected chi connectivity index (χ1v) is 19.6. The summed E-state index contributed by atoms with van der Waals surface area (Å²) in [4.78, 5) is 4.76. The van der Waals surface area contributed by atoms with E-state index in [4.69, 9.17) is 0 Å². The standard InChI is InChI=1S/C54H52N2/c1-37-12-28-51(41(5)32-37)55(52-29-13-38(2)33-42(52)6)49-24-20-45(21-25-49)16-18-47-10-9-11-48(36-47)19-17-46-22-26-50(27-23-46)56(53-30-14-39(3)34-43(53)7)54-31-15-40(4)35-44(54)8/h9-36H,1-8H3. The maximum absolute atomic E-state index is 2.38. The first-order valence-electron chi connectivity index (χ1n) is 19.6. The Kier molecular flexibility index (Phi) is 11.2. The normalized spacial score (nSPS) is 11.4. The zero-order valence-corrected chi connectivity index (χ0v) is 34.1. The van der Waals surface area contributed by atoms with E-state index >= 15 is 0 Å². The Hall–Kier alpha value is -6.38. The molecule has 0 N–H and O–H groups in total. The third-order valence-corrected chi connectivity index (χ3v) is 10.5. The first-order chi connectivity index (χ1) is 27.0. The van der Waals surface area contributed by atoms with Crippen LogP contribution in [-0.4, -0.2) is 0 Å². The van der Waals surface area contributed by atoms with Crippen LogP contribution < -0.4 is 9.80 Å². The fourth-order valence-corrected chi connectivity index (χ4v) is 7.66. The van der Waals surface area contributed by atoms with Crippen LogP contribution in [0.2, 0.25) is 0 Å². The van der Waals surface area contributed by atoms with Crippen LogP contribution in [0.25, 0.3) is 24.3 Å². The SMILES string of the molecule is Cc1ccc(N(c2ccc(C=Cc3cccc(C=Cc4ccc(N(c5ccc(C)cc5C)c5ccc(C)cc5C)cc4)c3)cc2)c2ccc(C)cc2C)c(C)c1. The van der Waals surface area contributed by atoms with Crippen molar-refractivity contribution in [3.05, 3.63) is 212 Å². The van der Waals surface area contributed by atoms with Gasteiger partial charge in [-0.3, -0.25) is 0 Å². The molecule has 2 nitrogen and oxygen atoms in total. The summed E-state index contributed by atoms with van der Waals surface area (Å²) >= 11 is 0. The predicted octanol–water partition coefficient (Wildman–Crippen LogP) is 15.4. The van der Waals surface area contributed by atoms with E-state index in [1.807, 2.05) is 0 Å². The van der Waals surface area contributed by atoms with Gasteiger partial charge in [0, 0.05) is 34.1 Å². The maximum Gasteiger partial charge on any atom is 0.0491 e. The van der Waals surface area contributed by atoms with Gasteiger partial charge in [0.1, 0.15) is 0 Å². The van der Waals surface area contributed by atoms with Crippen LogP contribution in [0.15, 0.2) is 146 Å². The van der Waals surface area contributed by atoms with Crippen molar-refractivity contribution in [2.75, 3.05) is 9.80 Å². The van der Waals surface area contributed by atoms with E-state index in [1.54, 1.807) is 0 Å². The second-order valence-electron chi connectivity index (χ2n) is 15.4. The lowest BCUT2D eigenvalue weighted by molar-refractivity contribution is 1.21. The Bertz CT molecular complexity index is 2270. The van der Waals surface area contributed by atoms with E-state index in [9.17, 15) is 0 Å². The van der Waals surface area contributed by atoms with Crippen molar-refractivity contribution < 1.29 is 0 Å². The molecule has 0 heterocycles. The third-order valence-electron chi connectivity index (χ3n) is 10.5. The van der Waals surface area contributed by atoms with Gasteiger partial charge >= 0.3 is 0 Å². The highest BCUT2D eigenvalue weighted by Crippen LogP contribution is 2.40. The molecule has 0 aliphatic rings. The molecule has 0 aromatic heterocycles. The monoisotopic (exact) mass is 728 g/mol. The molecule has 0 saturated heterocycles. The summed E-state index contributed by atoms with van der Waals surface area (Å²) in [6.45, 7) is 17.4. The summed E-state index contributed by atoms with van der Waals surface area (Å²) in [6, 6.07) is 53.2. The Labute approximate surface area is 334 Å². The van der Waals surface area contributed by atoms with Gasteiger partial charge in [0.15, 0.2) is 0 Å². The van der Waals surface area contributed by atoms with Gasteiger partial charge < -0.3 is 9.80 Å². The minimum absolute atomic E-state index is 1.14. The summed E-state index contributed by atoms with van der Waals surface area (Å²) in [6.07, 6.45) is 8.78. The van der Waals surface area contributed by atoms with Crippen molar-refractivity contribution in [1.82, 2.24) is 0 Å². The number of rotatable bonds is 10. The number of hydrogen-bond donors (Lipinski definition) is 0. The molecule has 7 aromatic rings. The molecule has 0 saturated carbocycles. The van der Waals surface area contributed by atoms with Crippen LogP contribution in [0, 0.1) is 55.4 Å². The number of benzene rings is 7. The van der Waals surface area contributed by atoms with Crippen molar-refractivity contribution in [3.8, 4) is 0 Å². The molecule has 0 amide bonds. The van der Waals surface area contributed by atoms with Crippen molar-refractivity contribution in [3.63, 3.8) is 0 Å². The van der Waals surface area contributed by atoms with E-state index in [2.05, 4.69) is 235 Å². The Balaban J connectivity index is 1.09. The minimum Gasteiger partial charge on any atom is -0.310 e. The smallest absolute Gasteiger partial charge is 0.0491 e. The van der Waals surface area contributed by atoms with Crippen LogP contribution in [0.5, 0.6) is 0 Å². The predicted molar refractivity (Wildman–Crippen MR) is 244 cm³/mol. The fraction of sp³-hybridized carbons (Fsp3) is 0.148. The van der Waals surface area contributed by atoms with Crippen LogP contribution >= 0.6 is 0 Å². The van der Waals surface area contributed by atoms with E-state index < -0.39 is 0 Å². The topological polar surface area (TPSA) is 6.48 Å². The first kappa shape index (κ1) is 37.9. The lowest BCUT2D eigenvalue weighted by atomic mass is 10.0. The second-order valence-corrected chi connectivity index (χ2v) is 15.4. The molecule has 0 aliphatic carbocycles. The van der Waals surface area contributed by atoms with Crippen molar-refractivity contribution in [2.24, 2.45) is 0 Å². The van der Waals surface area contributed by atoms with E-state index in [-0.39, 0.29) is 0 Å². The zero-order chi connectivity index (χ0) is 39.3. The highest BCUT2D eigenvalue weighted by atomic mass is 15.2. The van der Waals surface area contributed by atoms with Gasteiger partial charge in [0.25, 0.3) is 0 Å². The molecule has 0 atom stereocenters. The van der Waals surface area contributed by atoms with Gasteiger partial charge in [0.2, 0.25) is 0 Å². The highest BCUT2D eigenvalue weighted by molar-refractivity contribution is 5.83. The summed E-state index contributed by atoms with van der Waals surface area (Å²) in [5.74, 6) is 0. The van der Waals surface area contributed by atoms with Crippen LogP contribution in [-0.2, 0) is 0 Å². The quantitative estimate of drug-likeness (QED) is 0.129. The van der Waals surface area contributed by atoms with Crippen molar-refractivity contribution >= 4 is 58.4 Å². The van der Waals surface area contributed by atoms with Gasteiger partial charge in [-0.2, -0.15) is 0 Å². The van der Waals surface area contributed by atoms with Gasteiger partial charge in [0.05, 0.1) is 0 Å². The van der Waals surface area contributed by atoms with Crippen LogP contribution in [0.1, 0.15) is 66.8 Å². The molecule has 56 heavy (non-hydrogen) atoms. The largest absolute Gasteiger partial charge is 0.310 e. The summed E-state index contributed by atoms with van der Waals surface area (Å²) in [7, 11) is 0. The number of hydrogen-bond acceptors (Lipinski definition) is 2. The van der Waals surface area contributed by atoms with Crippen molar-refractivity contribution in [2.45, 2.75) is 55.4 Å². The molecule has 0 unspecified atom stereocenters. The zero-order valence-electron chi connectivity index (χ0n) is 34.1. The van der Waals surface area contributed by atoms with Gasteiger partial charge in [-0.25, -0.2) is 0 Å². The molecule has 0 radical (unpaired) electrons. The molecular weight excluding hydrogens is 677 g/mol. The maximum atomic E-state index is 2.38. The Morgan fingerprint density at radius 3 is 0.857 bits per heavy atom. The average Bonchev–Trinajstić information content (AvgIpc) is 3.17. The fourth-order valence-electron chi connectivity index (χ4n) is 7.66. The van der Waals surface area contributed by atoms with Gasteiger partial charge in [-0.15, -0.1) is 0 Å². The molecule has 7 aromatic carbocycles. The van der Waals surface area contributed by atoms with Crippen LogP contribution in [0.3, 0.4) is 0 Å². The highest BCUT2D eigenvalue weighted by Gasteiger charge is 2.18. The number of aryl methyl sites for hydroxylation is 8. The average molecular weight is 729 g/mol. The molecule has 2 heteroatoms. The molecule has 0 bridgehead atoms. The molecular formula is C54H52N2. The van der Waals surface area contributed by atoms with E-state index in [0.29, 0.717) is 0 Å². The summed E-state index contributed by atoms with van der Waals surface area (Å²) < 4.78 is 0. The lowest BCUT2D eigenvalue weighted by Crippen LogP contribution is -2.12. The van der Waals surface area contributed by atoms with E-state index in [0.717, 1.165) is 33.6 Å². The van der Waals surface area contributed by atoms with Crippen molar-refractivity contribution in [1.29, 1.82) is 0 Å². The molecule has 0 aliphatic heterocycles. The summed E-state index contributed by atoms with van der Waals surface area (Å²) in [5, 5.41) is 0. The Morgan fingerprint density at radius 2 is 0.571 bits per heavy atom. The minimum atomic E-state index is 1.14. The second kappa shape index (κ2) is 16.6. The van der Waals surface area contributed by atoms with Crippen LogP contribution in [0.4, 0.5) is 34.1 Å². The third kappa shape index (κ3) is 8.61.